The predicted molar refractivity (Wildman–Crippen MR) is 128 cm³/mol. The predicted octanol–water partition coefficient (Wildman–Crippen LogP) is 5.07. The minimum atomic E-state index is -0.753. The highest BCUT2D eigenvalue weighted by Gasteiger charge is 2.36. The summed E-state index contributed by atoms with van der Waals surface area (Å²) in [7, 11) is 0. The van der Waals surface area contributed by atoms with E-state index in [9.17, 15) is 9.50 Å². The van der Waals surface area contributed by atoms with Crippen LogP contribution in [-0.2, 0) is 13.0 Å². The number of aryl methyl sites for hydroxylation is 1. The number of hydrogen-bond donors (Lipinski definition) is 4. The molecule has 2 aromatic carbocycles. The van der Waals surface area contributed by atoms with Crippen LogP contribution in [0.3, 0.4) is 0 Å². The van der Waals surface area contributed by atoms with Crippen LogP contribution in [0.15, 0.2) is 55.0 Å². The van der Waals surface area contributed by atoms with Crippen molar-refractivity contribution in [3.05, 3.63) is 83.3 Å². The molecule has 5 rings (SSSR count). The molecule has 0 bridgehead atoms. The molecule has 3 heterocycles. The second-order valence-electron chi connectivity index (χ2n) is 8.91. The van der Waals surface area contributed by atoms with Crippen LogP contribution >= 0.6 is 0 Å². The maximum atomic E-state index is 15.3. The van der Waals surface area contributed by atoms with E-state index in [1.165, 1.54) is 6.07 Å². The molecule has 0 fully saturated rings. The minimum absolute atomic E-state index is 0.0556. The van der Waals surface area contributed by atoms with Crippen molar-refractivity contribution in [1.82, 2.24) is 9.97 Å². The molecule has 0 saturated heterocycles. The molecular formula is C26H28F2N4O. The Morgan fingerprint density at radius 2 is 2.00 bits per heavy atom. The van der Waals surface area contributed by atoms with Gasteiger partial charge in [0, 0.05) is 53.8 Å². The standard InChI is InChI=1S/C20H20F2N2O.C6H8N2/c1-10-9-23-19-11(10)5-4-6-12(19)17-14(21)8-15-13(18(17)22)7-16(25)20(2,3)24-15;7-4-6-2-1-3-8-5-6/h4-6,8-9,16,23-25H,7H2,1-3H3;1-3,5H,4,7H2. The zero-order chi connectivity index (χ0) is 23.8. The van der Waals surface area contributed by atoms with Gasteiger partial charge in [-0.15, -0.1) is 0 Å². The van der Waals surface area contributed by atoms with E-state index in [1.54, 1.807) is 24.5 Å². The van der Waals surface area contributed by atoms with E-state index in [2.05, 4.69) is 15.3 Å². The van der Waals surface area contributed by atoms with Crippen LogP contribution in [0.5, 0.6) is 0 Å². The lowest BCUT2D eigenvalue weighted by Gasteiger charge is -2.38. The van der Waals surface area contributed by atoms with Gasteiger partial charge in [0.2, 0.25) is 0 Å². The number of hydrogen-bond acceptors (Lipinski definition) is 4. The fraction of sp³-hybridized carbons (Fsp3) is 0.269. The summed E-state index contributed by atoms with van der Waals surface area (Å²) in [4.78, 5) is 6.99. The first-order valence-electron chi connectivity index (χ1n) is 10.9. The highest BCUT2D eigenvalue weighted by molar-refractivity contribution is 5.96. The van der Waals surface area contributed by atoms with Gasteiger partial charge in [-0.2, -0.15) is 0 Å². The molecule has 33 heavy (non-hydrogen) atoms. The van der Waals surface area contributed by atoms with Crippen LogP contribution in [-0.4, -0.2) is 26.7 Å². The van der Waals surface area contributed by atoms with Gasteiger partial charge in [-0.25, -0.2) is 8.78 Å². The highest BCUT2D eigenvalue weighted by Crippen LogP contribution is 2.40. The Labute approximate surface area is 191 Å². The molecule has 1 aliphatic rings. The molecule has 1 unspecified atom stereocenters. The average molecular weight is 451 g/mol. The maximum absolute atomic E-state index is 15.3. The van der Waals surface area contributed by atoms with Gasteiger partial charge in [0.25, 0.3) is 0 Å². The van der Waals surface area contributed by atoms with Crippen molar-refractivity contribution >= 4 is 16.6 Å². The summed E-state index contributed by atoms with van der Waals surface area (Å²) in [6, 6.07) is 10.6. The number of aromatic nitrogens is 2. The van der Waals surface area contributed by atoms with E-state index in [0.717, 1.165) is 16.5 Å². The minimum Gasteiger partial charge on any atom is -0.390 e. The smallest absolute Gasteiger partial charge is 0.139 e. The van der Waals surface area contributed by atoms with E-state index in [1.807, 2.05) is 45.2 Å². The Kier molecular flexibility index (Phi) is 6.19. The fourth-order valence-corrected chi connectivity index (χ4v) is 4.12. The average Bonchev–Trinajstić information content (AvgIpc) is 3.18. The number of aromatic amines is 1. The van der Waals surface area contributed by atoms with Crippen molar-refractivity contribution in [2.24, 2.45) is 5.73 Å². The Morgan fingerprint density at radius 1 is 1.21 bits per heavy atom. The first kappa shape index (κ1) is 22.9. The number of pyridine rings is 1. The summed E-state index contributed by atoms with van der Waals surface area (Å²) in [5.74, 6) is -1.23. The molecule has 0 radical (unpaired) electrons. The van der Waals surface area contributed by atoms with Crippen LogP contribution < -0.4 is 11.1 Å². The number of aliphatic hydroxyl groups is 1. The van der Waals surface area contributed by atoms with Gasteiger partial charge in [0.15, 0.2) is 0 Å². The zero-order valence-corrected chi connectivity index (χ0v) is 18.9. The van der Waals surface area contributed by atoms with Crippen LogP contribution in [0.25, 0.3) is 22.0 Å². The number of fused-ring (bicyclic) bond motifs is 2. The third kappa shape index (κ3) is 4.34. The lowest BCUT2D eigenvalue weighted by atomic mass is 9.84. The number of aliphatic hydroxyl groups excluding tert-OH is 1. The number of H-pyrrole nitrogens is 1. The maximum Gasteiger partial charge on any atom is 0.139 e. The normalized spacial score (nSPS) is 16.5. The van der Waals surface area contributed by atoms with Crippen molar-refractivity contribution in [3.8, 4) is 11.1 Å². The summed E-state index contributed by atoms with van der Waals surface area (Å²) in [5, 5.41) is 14.3. The Bertz CT molecular complexity index is 1280. The lowest BCUT2D eigenvalue weighted by molar-refractivity contribution is 0.109. The Balaban J connectivity index is 0.000000275. The molecule has 4 aromatic rings. The Morgan fingerprint density at radius 3 is 2.67 bits per heavy atom. The molecule has 1 aliphatic heterocycles. The number of anilines is 1. The number of nitrogens with two attached hydrogens (primary N) is 1. The van der Waals surface area contributed by atoms with Gasteiger partial charge in [-0.3, -0.25) is 4.98 Å². The van der Waals surface area contributed by atoms with E-state index in [-0.39, 0.29) is 12.0 Å². The van der Waals surface area contributed by atoms with Crippen molar-refractivity contribution in [1.29, 1.82) is 0 Å². The van der Waals surface area contributed by atoms with E-state index < -0.39 is 23.3 Å². The van der Waals surface area contributed by atoms with Gasteiger partial charge < -0.3 is 21.1 Å². The van der Waals surface area contributed by atoms with E-state index in [4.69, 9.17) is 5.73 Å². The molecule has 172 valence electrons. The van der Waals surface area contributed by atoms with Crippen molar-refractivity contribution < 1.29 is 13.9 Å². The number of para-hydroxylation sites is 1. The first-order chi connectivity index (χ1) is 15.7. The number of halogens is 2. The summed E-state index contributed by atoms with van der Waals surface area (Å²) < 4.78 is 30.1. The molecule has 1 atom stereocenters. The van der Waals surface area contributed by atoms with Gasteiger partial charge in [-0.05, 0) is 44.0 Å². The SMILES string of the molecule is Cc1c[nH]c2c(-c3c(F)cc4c(c3F)CC(O)C(C)(C)N4)cccc12.NCc1cccnc1. The number of benzene rings is 2. The zero-order valence-electron chi connectivity index (χ0n) is 18.9. The summed E-state index contributed by atoms with van der Waals surface area (Å²) in [5.41, 5.74) is 8.65. The molecule has 0 amide bonds. The second kappa shape index (κ2) is 8.92. The largest absolute Gasteiger partial charge is 0.390 e. The molecule has 5 nitrogen and oxygen atoms in total. The van der Waals surface area contributed by atoms with Gasteiger partial charge in [-0.1, -0.05) is 24.3 Å². The first-order valence-corrected chi connectivity index (χ1v) is 10.9. The van der Waals surface area contributed by atoms with Crippen LogP contribution in [0.2, 0.25) is 0 Å². The quantitative estimate of drug-likeness (QED) is 0.343. The molecular weight excluding hydrogens is 422 g/mol. The topological polar surface area (TPSA) is 87.0 Å². The van der Waals surface area contributed by atoms with Crippen LogP contribution in [0.4, 0.5) is 14.5 Å². The molecule has 7 heteroatoms. The van der Waals surface area contributed by atoms with Crippen LogP contribution in [0, 0.1) is 18.6 Å². The van der Waals surface area contributed by atoms with Crippen molar-refractivity contribution in [3.63, 3.8) is 0 Å². The lowest BCUT2D eigenvalue weighted by Crippen LogP contribution is -2.48. The fourth-order valence-electron chi connectivity index (χ4n) is 4.12. The monoisotopic (exact) mass is 450 g/mol. The molecule has 0 aliphatic carbocycles. The van der Waals surface area contributed by atoms with E-state index in [0.29, 0.717) is 28.9 Å². The summed E-state index contributed by atoms with van der Waals surface area (Å²) in [6.07, 6.45) is 4.72. The molecule has 0 spiro atoms. The molecule has 0 saturated carbocycles. The highest BCUT2D eigenvalue weighted by atomic mass is 19.1. The second-order valence-corrected chi connectivity index (χ2v) is 8.91. The van der Waals surface area contributed by atoms with Crippen molar-refractivity contribution in [2.45, 2.75) is 45.4 Å². The summed E-state index contributed by atoms with van der Waals surface area (Å²) >= 11 is 0. The number of nitrogens with one attached hydrogen (secondary N) is 2. The number of nitrogens with zero attached hydrogens (tertiary/aromatic N) is 1. The third-order valence-corrected chi connectivity index (χ3v) is 6.16. The third-order valence-electron chi connectivity index (χ3n) is 6.16. The summed E-state index contributed by atoms with van der Waals surface area (Å²) in [6.45, 7) is 6.15. The van der Waals surface area contributed by atoms with E-state index >= 15 is 4.39 Å². The van der Waals surface area contributed by atoms with Crippen molar-refractivity contribution in [2.75, 3.05) is 5.32 Å². The molecule has 2 aromatic heterocycles. The van der Waals surface area contributed by atoms with Gasteiger partial charge in [0.1, 0.15) is 11.6 Å². The number of rotatable bonds is 2. The van der Waals surface area contributed by atoms with Gasteiger partial charge in [0.05, 0.1) is 22.7 Å². The molecule has 5 N–H and O–H groups in total. The Hall–Kier alpha value is -3.29. The van der Waals surface area contributed by atoms with Crippen LogP contribution in [0.1, 0.15) is 30.5 Å². The van der Waals surface area contributed by atoms with Gasteiger partial charge >= 0.3 is 0 Å².